The zero-order valence-corrected chi connectivity index (χ0v) is 10.4. The van der Waals surface area contributed by atoms with Crippen molar-refractivity contribution < 1.29 is 4.74 Å². The van der Waals surface area contributed by atoms with Gasteiger partial charge in [0.2, 0.25) is 0 Å². The van der Waals surface area contributed by atoms with Crippen LogP contribution in [0.3, 0.4) is 0 Å². The van der Waals surface area contributed by atoms with Gasteiger partial charge in [-0.05, 0) is 37.2 Å². The Morgan fingerprint density at radius 2 is 2.18 bits per heavy atom. The molecule has 2 rings (SSSR count). The molecule has 92 valence electrons. The van der Waals surface area contributed by atoms with E-state index in [1.54, 1.807) is 0 Å². The molecule has 0 saturated carbocycles. The van der Waals surface area contributed by atoms with Crippen LogP contribution in [0.25, 0.3) is 0 Å². The number of ether oxygens (including phenoxy) is 1. The van der Waals surface area contributed by atoms with Crippen molar-refractivity contribution in [3.8, 4) is 0 Å². The lowest BCUT2D eigenvalue weighted by Crippen LogP contribution is -2.41. The zero-order chi connectivity index (χ0) is 11.9. The van der Waals surface area contributed by atoms with E-state index in [9.17, 15) is 0 Å². The van der Waals surface area contributed by atoms with Crippen LogP contribution < -0.4 is 16.2 Å². The Kier molecular flexibility index (Phi) is 4.58. The molecule has 1 heterocycles. The minimum atomic E-state index is 0.298. The number of rotatable bonds is 4. The average Bonchev–Trinajstić information content (AvgIpc) is 2.88. The second-order valence-electron chi connectivity index (χ2n) is 3.96. The predicted octanol–water partition coefficient (Wildman–Crippen LogP) is 1.66. The molecule has 3 N–H and O–H groups in total. The molecule has 1 aromatic rings. The van der Waals surface area contributed by atoms with E-state index >= 15 is 0 Å². The molecule has 0 aromatic heterocycles. The largest absolute Gasteiger partial charge is 0.376 e. The lowest BCUT2D eigenvalue weighted by atomic mass is 10.2. The van der Waals surface area contributed by atoms with E-state index in [2.05, 4.69) is 16.2 Å². The van der Waals surface area contributed by atoms with Gasteiger partial charge in [-0.2, -0.15) is 0 Å². The Hall–Kier alpha value is -1.33. The van der Waals surface area contributed by atoms with E-state index in [1.807, 2.05) is 30.3 Å². The van der Waals surface area contributed by atoms with Gasteiger partial charge in [0.15, 0.2) is 5.11 Å². The van der Waals surface area contributed by atoms with Gasteiger partial charge in [-0.25, -0.2) is 0 Å². The van der Waals surface area contributed by atoms with Gasteiger partial charge < -0.3 is 10.1 Å². The third-order valence-corrected chi connectivity index (χ3v) is 2.85. The third kappa shape index (κ3) is 4.20. The van der Waals surface area contributed by atoms with Gasteiger partial charge in [0, 0.05) is 13.2 Å². The number of hydrogen-bond donors (Lipinski definition) is 3. The van der Waals surface area contributed by atoms with Crippen LogP contribution in [-0.4, -0.2) is 24.4 Å². The van der Waals surface area contributed by atoms with Crippen molar-refractivity contribution in [2.75, 3.05) is 18.6 Å². The number of anilines is 1. The normalized spacial score (nSPS) is 18.7. The Balaban J connectivity index is 1.64. The van der Waals surface area contributed by atoms with E-state index in [-0.39, 0.29) is 0 Å². The summed E-state index contributed by atoms with van der Waals surface area (Å²) in [6, 6.07) is 9.84. The number of para-hydroxylation sites is 1. The summed E-state index contributed by atoms with van der Waals surface area (Å²) in [5, 5.41) is 3.72. The molecule has 0 unspecified atom stereocenters. The average molecular weight is 251 g/mol. The Labute approximate surface area is 107 Å². The molecule has 0 radical (unpaired) electrons. The van der Waals surface area contributed by atoms with Gasteiger partial charge in [0.05, 0.1) is 11.8 Å². The molecule has 5 heteroatoms. The second kappa shape index (κ2) is 6.42. The van der Waals surface area contributed by atoms with E-state index < -0.39 is 0 Å². The van der Waals surface area contributed by atoms with Crippen LogP contribution in [0.2, 0.25) is 0 Å². The van der Waals surface area contributed by atoms with E-state index in [0.717, 1.165) is 31.7 Å². The number of hydrazine groups is 1. The fraction of sp³-hybridized carbons (Fsp3) is 0.417. The SMILES string of the molecule is S=C(NC[C@H]1CCCO1)NNc1ccccc1. The number of thiocarbonyl (C=S) groups is 1. The summed E-state index contributed by atoms with van der Waals surface area (Å²) < 4.78 is 5.50. The summed E-state index contributed by atoms with van der Waals surface area (Å²) in [7, 11) is 0. The number of benzene rings is 1. The van der Waals surface area contributed by atoms with Crippen LogP contribution in [0.15, 0.2) is 30.3 Å². The molecule has 1 fully saturated rings. The fourth-order valence-corrected chi connectivity index (χ4v) is 1.84. The van der Waals surface area contributed by atoms with Gasteiger partial charge in [0.25, 0.3) is 0 Å². The van der Waals surface area contributed by atoms with Crippen molar-refractivity contribution in [1.82, 2.24) is 10.7 Å². The van der Waals surface area contributed by atoms with Crippen LogP contribution >= 0.6 is 12.2 Å². The van der Waals surface area contributed by atoms with Crippen molar-refractivity contribution in [2.24, 2.45) is 0 Å². The van der Waals surface area contributed by atoms with Crippen LogP contribution in [0.5, 0.6) is 0 Å². The molecule has 17 heavy (non-hydrogen) atoms. The number of hydrogen-bond acceptors (Lipinski definition) is 3. The fourth-order valence-electron chi connectivity index (χ4n) is 1.71. The molecule has 1 aromatic carbocycles. The van der Waals surface area contributed by atoms with Gasteiger partial charge >= 0.3 is 0 Å². The molecular weight excluding hydrogens is 234 g/mol. The maximum atomic E-state index is 5.50. The lowest BCUT2D eigenvalue weighted by molar-refractivity contribution is 0.114. The first-order chi connectivity index (χ1) is 8.34. The van der Waals surface area contributed by atoms with Crippen LogP contribution in [0.1, 0.15) is 12.8 Å². The molecule has 4 nitrogen and oxygen atoms in total. The standard InChI is InChI=1S/C12H17N3OS/c17-12(13-9-11-7-4-8-16-11)15-14-10-5-2-1-3-6-10/h1-3,5-6,11,14H,4,7-9H2,(H2,13,15,17)/t11-/m1/s1. The van der Waals surface area contributed by atoms with Crippen molar-refractivity contribution >= 4 is 23.0 Å². The van der Waals surface area contributed by atoms with Crippen molar-refractivity contribution in [1.29, 1.82) is 0 Å². The van der Waals surface area contributed by atoms with Crippen molar-refractivity contribution in [2.45, 2.75) is 18.9 Å². The van der Waals surface area contributed by atoms with E-state index in [4.69, 9.17) is 17.0 Å². The molecule has 1 atom stereocenters. The summed E-state index contributed by atoms with van der Waals surface area (Å²) in [5.41, 5.74) is 6.94. The lowest BCUT2D eigenvalue weighted by Gasteiger charge is -2.15. The van der Waals surface area contributed by atoms with Gasteiger partial charge in [-0.1, -0.05) is 18.2 Å². The van der Waals surface area contributed by atoms with E-state index in [1.165, 1.54) is 0 Å². The maximum Gasteiger partial charge on any atom is 0.185 e. The molecule has 0 amide bonds. The topological polar surface area (TPSA) is 45.3 Å². The van der Waals surface area contributed by atoms with Crippen molar-refractivity contribution in [3.63, 3.8) is 0 Å². The van der Waals surface area contributed by atoms with Gasteiger partial charge in [0.1, 0.15) is 0 Å². The first-order valence-electron chi connectivity index (χ1n) is 5.81. The highest BCUT2D eigenvalue weighted by atomic mass is 32.1. The summed E-state index contributed by atoms with van der Waals surface area (Å²) >= 11 is 5.15. The summed E-state index contributed by atoms with van der Waals surface area (Å²) in [4.78, 5) is 0. The Bertz CT molecular complexity index is 352. The second-order valence-corrected chi connectivity index (χ2v) is 4.37. The highest BCUT2D eigenvalue weighted by Crippen LogP contribution is 2.10. The van der Waals surface area contributed by atoms with Crippen LogP contribution in [0.4, 0.5) is 5.69 Å². The molecule has 1 saturated heterocycles. The summed E-state index contributed by atoms with van der Waals surface area (Å²) in [6.45, 7) is 1.64. The first-order valence-corrected chi connectivity index (χ1v) is 6.22. The first kappa shape index (κ1) is 12.1. The monoisotopic (exact) mass is 251 g/mol. The quantitative estimate of drug-likeness (QED) is 0.561. The molecule has 1 aliphatic rings. The smallest absolute Gasteiger partial charge is 0.185 e. The zero-order valence-electron chi connectivity index (χ0n) is 9.61. The molecule has 0 bridgehead atoms. The predicted molar refractivity (Wildman–Crippen MR) is 72.8 cm³/mol. The minimum Gasteiger partial charge on any atom is -0.376 e. The van der Waals surface area contributed by atoms with Gasteiger partial charge in [-0.15, -0.1) is 0 Å². The highest BCUT2D eigenvalue weighted by Gasteiger charge is 2.14. The van der Waals surface area contributed by atoms with Crippen molar-refractivity contribution in [3.05, 3.63) is 30.3 Å². The highest BCUT2D eigenvalue weighted by molar-refractivity contribution is 7.80. The van der Waals surface area contributed by atoms with Gasteiger partial charge in [-0.3, -0.25) is 10.9 Å². The molecule has 0 aliphatic carbocycles. The minimum absolute atomic E-state index is 0.298. The number of nitrogens with one attached hydrogen (secondary N) is 3. The molecule has 0 spiro atoms. The van der Waals surface area contributed by atoms with Crippen LogP contribution in [0, 0.1) is 0 Å². The van der Waals surface area contributed by atoms with Crippen LogP contribution in [-0.2, 0) is 4.74 Å². The molecule has 1 aliphatic heterocycles. The third-order valence-electron chi connectivity index (χ3n) is 2.61. The Morgan fingerprint density at radius 3 is 2.88 bits per heavy atom. The Morgan fingerprint density at radius 1 is 1.35 bits per heavy atom. The van der Waals surface area contributed by atoms with E-state index in [0.29, 0.717) is 11.2 Å². The molecular formula is C12H17N3OS. The summed E-state index contributed by atoms with van der Waals surface area (Å²) in [6.07, 6.45) is 2.56. The summed E-state index contributed by atoms with van der Waals surface area (Å²) in [5.74, 6) is 0. The maximum absolute atomic E-state index is 5.50.